The molecule has 1 aromatic heterocycles. The molecule has 9 nitrogen and oxygen atoms in total. The van der Waals surface area contributed by atoms with Gasteiger partial charge in [0.05, 0.1) is 0 Å². The van der Waals surface area contributed by atoms with Crippen molar-refractivity contribution in [2.75, 3.05) is 0 Å². The summed E-state index contributed by atoms with van der Waals surface area (Å²) in [4.78, 5) is 25.3. The molecule has 3 aromatic carbocycles. The topological polar surface area (TPSA) is 108 Å². The number of esters is 1. The molecular formula is C28H29N5O4. The fourth-order valence-electron chi connectivity index (χ4n) is 3.82. The Labute approximate surface area is 215 Å². The summed E-state index contributed by atoms with van der Waals surface area (Å²) in [6.45, 7) is 2.00. The van der Waals surface area contributed by atoms with Gasteiger partial charge in [-0.15, -0.1) is 5.10 Å². The Morgan fingerprint density at radius 3 is 1.92 bits per heavy atom. The van der Waals surface area contributed by atoms with Gasteiger partial charge in [-0.05, 0) is 40.5 Å². The van der Waals surface area contributed by atoms with Gasteiger partial charge in [-0.3, -0.25) is 0 Å². The van der Waals surface area contributed by atoms with Crippen LogP contribution < -0.4 is 5.32 Å². The third kappa shape index (κ3) is 7.73. The Morgan fingerprint density at radius 1 is 0.784 bits per heavy atom. The van der Waals surface area contributed by atoms with Crippen LogP contribution in [0.4, 0.5) is 4.79 Å². The first-order valence-corrected chi connectivity index (χ1v) is 12.1. The van der Waals surface area contributed by atoms with Gasteiger partial charge in [-0.1, -0.05) is 91.0 Å². The van der Waals surface area contributed by atoms with Crippen LogP contribution in [0.25, 0.3) is 0 Å². The summed E-state index contributed by atoms with van der Waals surface area (Å²) in [6, 6.07) is 27.6. The molecule has 4 aromatic rings. The second-order valence-corrected chi connectivity index (χ2v) is 8.61. The van der Waals surface area contributed by atoms with Crippen LogP contribution in [0.3, 0.4) is 0 Å². The highest BCUT2D eigenvalue weighted by Crippen LogP contribution is 2.14. The van der Waals surface area contributed by atoms with Crippen LogP contribution in [0.15, 0.2) is 91.0 Å². The largest absolute Gasteiger partial charge is 0.459 e. The van der Waals surface area contributed by atoms with E-state index >= 15 is 0 Å². The van der Waals surface area contributed by atoms with Crippen LogP contribution in [-0.4, -0.2) is 38.3 Å². The quantitative estimate of drug-likeness (QED) is 0.310. The Balaban J connectivity index is 1.41. The van der Waals surface area contributed by atoms with Gasteiger partial charge in [0.2, 0.25) is 0 Å². The lowest BCUT2D eigenvalue weighted by atomic mass is 10.0. The van der Waals surface area contributed by atoms with Gasteiger partial charge >= 0.3 is 12.1 Å². The minimum Gasteiger partial charge on any atom is -0.459 e. The number of amides is 1. The summed E-state index contributed by atoms with van der Waals surface area (Å²) in [7, 11) is 0. The zero-order valence-electron chi connectivity index (χ0n) is 20.6. The number of alkyl carbamates (subject to hydrolysis) is 1. The standard InChI is InChI=1S/C28H29N5O4/c1-21(27(34)36-19-23-13-7-3-8-14-23)33-26(30-31-32-33)18-25(17-22-11-5-2-6-12-22)29-28(35)37-20-24-15-9-4-10-16-24/h2-16,21,25H,17-20H2,1H3,(H,29,35)/t21-,25-/m0/s1. The van der Waals surface area contributed by atoms with Crippen molar-refractivity contribution < 1.29 is 19.1 Å². The maximum Gasteiger partial charge on any atom is 0.407 e. The molecule has 0 unspecified atom stereocenters. The van der Waals surface area contributed by atoms with E-state index in [0.29, 0.717) is 18.7 Å². The highest BCUT2D eigenvalue weighted by molar-refractivity contribution is 5.73. The number of nitrogens with one attached hydrogen (secondary N) is 1. The number of carbonyl (C=O) groups is 2. The Hall–Kier alpha value is -4.53. The molecule has 0 saturated carbocycles. The van der Waals surface area contributed by atoms with Crippen molar-refractivity contribution in [3.8, 4) is 0 Å². The molecular weight excluding hydrogens is 470 g/mol. The number of carbonyl (C=O) groups excluding carboxylic acids is 2. The predicted octanol–water partition coefficient (Wildman–Crippen LogP) is 4.06. The summed E-state index contributed by atoms with van der Waals surface area (Å²) in [5.74, 6) is 0.000643. The lowest BCUT2D eigenvalue weighted by Crippen LogP contribution is -2.39. The number of ether oxygens (including phenoxy) is 2. The summed E-state index contributed by atoms with van der Waals surface area (Å²) in [5, 5.41) is 14.8. The van der Waals surface area contributed by atoms with Gasteiger partial charge in [0.15, 0.2) is 11.9 Å². The number of aromatic nitrogens is 4. The molecule has 2 atom stereocenters. The summed E-state index contributed by atoms with van der Waals surface area (Å²) in [6.07, 6.45) is 0.277. The molecule has 37 heavy (non-hydrogen) atoms. The minimum atomic E-state index is -0.740. The van der Waals surface area contributed by atoms with E-state index in [1.165, 1.54) is 4.68 Å². The van der Waals surface area contributed by atoms with Crippen molar-refractivity contribution in [1.29, 1.82) is 0 Å². The van der Waals surface area contributed by atoms with E-state index in [4.69, 9.17) is 9.47 Å². The normalized spacial score (nSPS) is 12.4. The lowest BCUT2D eigenvalue weighted by molar-refractivity contribution is -0.148. The van der Waals surface area contributed by atoms with Gasteiger partial charge in [0, 0.05) is 12.5 Å². The second kappa shape index (κ2) is 13.0. The van der Waals surface area contributed by atoms with Crippen molar-refractivity contribution in [2.24, 2.45) is 0 Å². The number of nitrogens with zero attached hydrogens (tertiary/aromatic N) is 4. The lowest BCUT2D eigenvalue weighted by Gasteiger charge is -2.20. The highest BCUT2D eigenvalue weighted by Gasteiger charge is 2.25. The molecule has 0 aliphatic heterocycles. The number of hydrogen-bond acceptors (Lipinski definition) is 7. The molecule has 1 heterocycles. The average molecular weight is 500 g/mol. The predicted molar refractivity (Wildman–Crippen MR) is 136 cm³/mol. The van der Waals surface area contributed by atoms with Crippen molar-refractivity contribution in [1.82, 2.24) is 25.5 Å². The number of benzene rings is 3. The minimum absolute atomic E-state index is 0.159. The molecule has 0 radical (unpaired) electrons. The zero-order chi connectivity index (χ0) is 25.9. The fourth-order valence-corrected chi connectivity index (χ4v) is 3.82. The molecule has 0 fully saturated rings. The molecule has 190 valence electrons. The van der Waals surface area contributed by atoms with Crippen molar-refractivity contribution in [3.63, 3.8) is 0 Å². The highest BCUT2D eigenvalue weighted by atomic mass is 16.5. The third-order valence-electron chi connectivity index (χ3n) is 5.78. The maximum atomic E-state index is 12.7. The average Bonchev–Trinajstić information content (AvgIpc) is 3.39. The van der Waals surface area contributed by atoms with E-state index in [-0.39, 0.29) is 19.3 Å². The van der Waals surface area contributed by atoms with E-state index in [2.05, 4.69) is 20.8 Å². The van der Waals surface area contributed by atoms with E-state index < -0.39 is 18.1 Å². The van der Waals surface area contributed by atoms with Crippen LogP contribution in [-0.2, 0) is 40.3 Å². The van der Waals surface area contributed by atoms with Gasteiger partial charge < -0.3 is 14.8 Å². The second-order valence-electron chi connectivity index (χ2n) is 8.61. The molecule has 1 N–H and O–H groups in total. The maximum absolute atomic E-state index is 12.7. The van der Waals surface area contributed by atoms with E-state index in [0.717, 1.165) is 16.7 Å². The van der Waals surface area contributed by atoms with E-state index in [1.54, 1.807) is 6.92 Å². The van der Waals surface area contributed by atoms with Crippen molar-refractivity contribution >= 4 is 12.1 Å². The smallest absolute Gasteiger partial charge is 0.407 e. The molecule has 0 bridgehead atoms. The monoisotopic (exact) mass is 499 g/mol. The first-order valence-electron chi connectivity index (χ1n) is 12.1. The van der Waals surface area contributed by atoms with E-state index in [1.807, 2.05) is 91.0 Å². The number of tetrazole rings is 1. The van der Waals surface area contributed by atoms with Crippen molar-refractivity contribution in [3.05, 3.63) is 114 Å². The van der Waals surface area contributed by atoms with E-state index in [9.17, 15) is 9.59 Å². The van der Waals surface area contributed by atoms with Gasteiger partial charge in [0.25, 0.3) is 0 Å². The van der Waals surface area contributed by atoms with Crippen LogP contribution in [0.2, 0.25) is 0 Å². The molecule has 0 saturated heterocycles. The zero-order valence-corrected chi connectivity index (χ0v) is 20.6. The molecule has 9 heteroatoms. The number of rotatable bonds is 11. The molecule has 0 aliphatic rings. The number of hydrogen-bond donors (Lipinski definition) is 1. The first-order chi connectivity index (χ1) is 18.1. The van der Waals surface area contributed by atoms with Crippen molar-refractivity contribution in [2.45, 2.75) is 45.1 Å². The SMILES string of the molecule is C[C@@H](C(=O)OCc1ccccc1)n1nnnc1C[C@H](Cc1ccccc1)NC(=O)OCc1ccccc1. The van der Waals surface area contributed by atoms with Crippen LogP contribution in [0, 0.1) is 0 Å². The Morgan fingerprint density at radius 2 is 1.32 bits per heavy atom. The third-order valence-corrected chi connectivity index (χ3v) is 5.78. The van der Waals surface area contributed by atoms with Crippen LogP contribution >= 0.6 is 0 Å². The molecule has 4 rings (SSSR count). The molecule has 0 aliphatic carbocycles. The summed E-state index contributed by atoms with van der Waals surface area (Å²) in [5.41, 5.74) is 2.82. The summed E-state index contributed by atoms with van der Waals surface area (Å²) >= 11 is 0. The summed E-state index contributed by atoms with van der Waals surface area (Å²) < 4.78 is 12.3. The Bertz CT molecular complexity index is 1270. The van der Waals surface area contributed by atoms with Crippen LogP contribution in [0.1, 0.15) is 35.5 Å². The fraction of sp³-hybridized carbons (Fsp3) is 0.250. The van der Waals surface area contributed by atoms with Gasteiger partial charge in [0.1, 0.15) is 13.2 Å². The van der Waals surface area contributed by atoms with Crippen LogP contribution in [0.5, 0.6) is 0 Å². The first kappa shape index (κ1) is 25.6. The Kier molecular flexibility index (Phi) is 8.96. The molecule has 1 amide bonds. The van der Waals surface area contributed by atoms with Gasteiger partial charge in [-0.25, -0.2) is 14.3 Å². The van der Waals surface area contributed by atoms with Gasteiger partial charge in [-0.2, -0.15) is 0 Å². The molecule has 0 spiro atoms.